The van der Waals surface area contributed by atoms with E-state index in [0.29, 0.717) is 12.1 Å². The van der Waals surface area contributed by atoms with E-state index in [4.69, 9.17) is 10.8 Å². The Hall–Kier alpha value is -1.42. The third-order valence-electron chi connectivity index (χ3n) is 2.27. The fraction of sp³-hybridized carbons (Fsp3) is 0.400. The third kappa shape index (κ3) is 2.29. The van der Waals surface area contributed by atoms with Crippen molar-refractivity contribution in [3.05, 3.63) is 30.1 Å². The number of carboxylic acids is 1. The van der Waals surface area contributed by atoms with Gasteiger partial charge in [0.15, 0.2) is 0 Å². The zero-order chi connectivity index (χ0) is 10.6. The Bertz CT molecular complexity index is 313. The second kappa shape index (κ2) is 4.19. The molecular formula is C10H14N2O2. The van der Waals surface area contributed by atoms with Gasteiger partial charge in [0.1, 0.15) is 0 Å². The number of hydrogen-bond donors (Lipinski definition) is 2. The van der Waals surface area contributed by atoms with Gasteiger partial charge in [-0.05, 0) is 18.6 Å². The lowest BCUT2D eigenvalue weighted by Crippen LogP contribution is -2.39. The van der Waals surface area contributed by atoms with Gasteiger partial charge in [0.25, 0.3) is 0 Å². The Balaban J connectivity index is 2.95. The molecule has 0 amide bonds. The van der Waals surface area contributed by atoms with Gasteiger partial charge in [-0.1, -0.05) is 13.0 Å². The first-order chi connectivity index (χ1) is 6.58. The molecule has 0 radical (unpaired) electrons. The van der Waals surface area contributed by atoms with Crippen LogP contribution in [0.5, 0.6) is 0 Å². The van der Waals surface area contributed by atoms with Crippen molar-refractivity contribution in [3.63, 3.8) is 0 Å². The number of aromatic nitrogens is 1. The van der Waals surface area contributed by atoms with Gasteiger partial charge in [0.05, 0.1) is 17.7 Å². The van der Waals surface area contributed by atoms with E-state index in [1.165, 1.54) is 0 Å². The summed E-state index contributed by atoms with van der Waals surface area (Å²) < 4.78 is 0. The van der Waals surface area contributed by atoms with Crippen molar-refractivity contribution in [1.29, 1.82) is 0 Å². The van der Waals surface area contributed by atoms with Gasteiger partial charge in [-0.25, -0.2) is 0 Å². The van der Waals surface area contributed by atoms with Crippen molar-refractivity contribution >= 4 is 5.97 Å². The topological polar surface area (TPSA) is 76.2 Å². The minimum atomic E-state index is -0.903. The molecule has 0 aromatic carbocycles. The van der Waals surface area contributed by atoms with Gasteiger partial charge in [0.2, 0.25) is 0 Å². The van der Waals surface area contributed by atoms with Crippen LogP contribution in [-0.4, -0.2) is 16.1 Å². The van der Waals surface area contributed by atoms with E-state index in [1.54, 1.807) is 24.4 Å². The molecule has 4 nitrogen and oxygen atoms in total. The summed E-state index contributed by atoms with van der Waals surface area (Å²) in [6.07, 6.45) is 2.07. The second-order valence-corrected chi connectivity index (χ2v) is 3.30. The normalized spacial score (nSPS) is 14.7. The van der Waals surface area contributed by atoms with Crippen molar-refractivity contribution in [2.75, 3.05) is 0 Å². The number of rotatable bonds is 4. The molecule has 0 aliphatic rings. The largest absolute Gasteiger partial charge is 0.481 e. The molecule has 0 saturated carbocycles. The van der Waals surface area contributed by atoms with Crippen molar-refractivity contribution in [2.45, 2.75) is 25.3 Å². The average molecular weight is 194 g/mol. The Morgan fingerprint density at radius 1 is 1.64 bits per heavy atom. The third-order valence-corrected chi connectivity index (χ3v) is 2.27. The van der Waals surface area contributed by atoms with E-state index in [2.05, 4.69) is 4.98 Å². The number of nitrogens with zero attached hydrogens (tertiary/aromatic N) is 1. The predicted octanol–water partition coefficient (Wildman–Crippen LogP) is 1.12. The molecule has 1 atom stereocenters. The number of carbonyl (C=O) groups is 1. The first-order valence-corrected chi connectivity index (χ1v) is 4.50. The monoisotopic (exact) mass is 194 g/mol. The number of pyridine rings is 1. The van der Waals surface area contributed by atoms with E-state index in [9.17, 15) is 4.79 Å². The van der Waals surface area contributed by atoms with E-state index >= 15 is 0 Å². The Morgan fingerprint density at radius 3 is 2.79 bits per heavy atom. The molecule has 0 spiro atoms. The molecule has 0 aliphatic heterocycles. The zero-order valence-corrected chi connectivity index (χ0v) is 8.10. The van der Waals surface area contributed by atoms with E-state index in [-0.39, 0.29) is 6.42 Å². The molecule has 1 aromatic rings. The van der Waals surface area contributed by atoms with Gasteiger partial charge >= 0.3 is 5.97 Å². The van der Waals surface area contributed by atoms with Crippen LogP contribution < -0.4 is 5.73 Å². The highest BCUT2D eigenvalue weighted by atomic mass is 16.4. The highest BCUT2D eigenvalue weighted by Gasteiger charge is 2.29. The van der Waals surface area contributed by atoms with Gasteiger partial charge in [-0.15, -0.1) is 0 Å². The Labute approximate surface area is 82.8 Å². The first kappa shape index (κ1) is 10.7. The van der Waals surface area contributed by atoms with Gasteiger partial charge in [-0.3, -0.25) is 9.78 Å². The van der Waals surface area contributed by atoms with Crippen LogP contribution in [0.25, 0.3) is 0 Å². The summed E-state index contributed by atoms with van der Waals surface area (Å²) in [6.45, 7) is 1.86. The highest BCUT2D eigenvalue weighted by molar-refractivity contribution is 5.68. The smallest absolute Gasteiger partial charge is 0.305 e. The molecule has 1 heterocycles. The highest BCUT2D eigenvalue weighted by Crippen LogP contribution is 2.23. The summed E-state index contributed by atoms with van der Waals surface area (Å²) in [7, 11) is 0. The maximum atomic E-state index is 10.6. The molecule has 1 unspecified atom stereocenters. The summed E-state index contributed by atoms with van der Waals surface area (Å²) in [5.41, 5.74) is 5.75. The van der Waals surface area contributed by atoms with Crippen LogP contribution in [0.15, 0.2) is 24.4 Å². The summed E-state index contributed by atoms with van der Waals surface area (Å²) in [5, 5.41) is 8.73. The fourth-order valence-electron chi connectivity index (χ4n) is 1.32. The van der Waals surface area contributed by atoms with Crippen LogP contribution >= 0.6 is 0 Å². The zero-order valence-electron chi connectivity index (χ0n) is 8.10. The minimum absolute atomic E-state index is 0.0967. The quantitative estimate of drug-likeness (QED) is 0.753. The minimum Gasteiger partial charge on any atom is -0.481 e. The van der Waals surface area contributed by atoms with Gasteiger partial charge < -0.3 is 10.8 Å². The predicted molar refractivity (Wildman–Crippen MR) is 52.6 cm³/mol. The van der Waals surface area contributed by atoms with Crippen molar-refractivity contribution in [1.82, 2.24) is 4.98 Å². The number of aliphatic carboxylic acids is 1. The van der Waals surface area contributed by atoms with Crippen molar-refractivity contribution < 1.29 is 9.90 Å². The first-order valence-electron chi connectivity index (χ1n) is 4.50. The summed E-state index contributed by atoms with van der Waals surface area (Å²) >= 11 is 0. The van der Waals surface area contributed by atoms with Crippen LogP contribution in [0, 0.1) is 0 Å². The standard InChI is InChI=1S/C10H14N2O2/c1-2-10(11,7-9(13)14)8-5-3-4-6-12-8/h3-6H,2,7,11H2,1H3,(H,13,14). The number of carboxylic acid groups (broad SMARTS) is 1. The summed E-state index contributed by atoms with van der Waals surface area (Å²) in [6, 6.07) is 5.34. The second-order valence-electron chi connectivity index (χ2n) is 3.30. The van der Waals surface area contributed by atoms with Crippen molar-refractivity contribution in [2.24, 2.45) is 5.73 Å². The molecule has 0 bridgehead atoms. The SMILES string of the molecule is CCC(N)(CC(=O)O)c1ccccn1. The van der Waals surface area contributed by atoms with Crippen LogP contribution in [0.2, 0.25) is 0 Å². The summed E-state index contributed by atoms with van der Waals surface area (Å²) in [4.78, 5) is 14.7. The van der Waals surface area contributed by atoms with Crippen LogP contribution in [0.4, 0.5) is 0 Å². The number of hydrogen-bond acceptors (Lipinski definition) is 3. The van der Waals surface area contributed by atoms with E-state index in [0.717, 1.165) is 0 Å². The van der Waals surface area contributed by atoms with Crippen LogP contribution in [0.1, 0.15) is 25.5 Å². The van der Waals surface area contributed by atoms with Crippen LogP contribution in [0.3, 0.4) is 0 Å². The van der Waals surface area contributed by atoms with Crippen LogP contribution in [-0.2, 0) is 10.3 Å². The molecule has 0 aliphatic carbocycles. The lowest BCUT2D eigenvalue weighted by Gasteiger charge is -2.25. The van der Waals surface area contributed by atoms with E-state index in [1.807, 2.05) is 6.92 Å². The molecule has 0 fully saturated rings. The Morgan fingerprint density at radius 2 is 2.36 bits per heavy atom. The van der Waals surface area contributed by atoms with E-state index < -0.39 is 11.5 Å². The Kier molecular flexibility index (Phi) is 3.19. The molecule has 0 saturated heterocycles. The lowest BCUT2D eigenvalue weighted by molar-refractivity contribution is -0.138. The number of nitrogens with two attached hydrogens (primary N) is 1. The molecular weight excluding hydrogens is 180 g/mol. The fourth-order valence-corrected chi connectivity index (χ4v) is 1.32. The molecule has 3 N–H and O–H groups in total. The van der Waals surface area contributed by atoms with Gasteiger partial charge in [0, 0.05) is 6.20 Å². The van der Waals surface area contributed by atoms with Crippen molar-refractivity contribution in [3.8, 4) is 0 Å². The average Bonchev–Trinajstić information content (AvgIpc) is 2.18. The lowest BCUT2D eigenvalue weighted by atomic mass is 9.89. The molecule has 1 rings (SSSR count). The van der Waals surface area contributed by atoms with Gasteiger partial charge in [-0.2, -0.15) is 0 Å². The molecule has 14 heavy (non-hydrogen) atoms. The molecule has 76 valence electrons. The molecule has 4 heteroatoms. The molecule has 1 aromatic heterocycles. The maximum absolute atomic E-state index is 10.6. The summed E-state index contributed by atoms with van der Waals surface area (Å²) in [5.74, 6) is -0.903. The maximum Gasteiger partial charge on any atom is 0.305 e.